The summed E-state index contributed by atoms with van der Waals surface area (Å²) >= 11 is 1.66. The fourth-order valence-electron chi connectivity index (χ4n) is 1.87. The van der Waals surface area contributed by atoms with Crippen LogP contribution in [0.25, 0.3) is 0 Å². The minimum Gasteiger partial charge on any atom is -0.300 e. The third-order valence-corrected chi connectivity index (χ3v) is 3.63. The molecule has 2 rings (SSSR count). The van der Waals surface area contributed by atoms with Gasteiger partial charge in [-0.25, -0.2) is 4.98 Å². The minimum absolute atomic E-state index is 0.238. The van der Waals surface area contributed by atoms with E-state index in [-0.39, 0.29) is 11.7 Å². The van der Waals surface area contributed by atoms with Gasteiger partial charge in [0.25, 0.3) is 0 Å². The second-order valence-corrected chi connectivity index (χ2v) is 5.00. The quantitative estimate of drug-likeness (QED) is 0.805. The lowest BCUT2D eigenvalue weighted by atomic mass is 9.94. The number of hydrogen-bond acceptors (Lipinski definition) is 3. The van der Waals surface area contributed by atoms with Gasteiger partial charge in [-0.3, -0.25) is 0 Å². The Labute approximate surface area is 105 Å². The molecular weight excluding hydrogens is 230 g/mol. The molecule has 2 nitrogen and oxygen atoms in total. The van der Waals surface area contributed by atoms with Crippen LogP contribution in [-0.4, -0.2) is 10.8 Å². The van der Waals surface area contributed by atoms with Gasteiger partial charge in [0.1, 0.15) is 5.78 Å². The van der Waals surface area contributed by atoms with Crippen LogP contribution in [0.15, 0.2) is 41.9 Å². The molecule has 1 unspecified atom stereocenters. The van der Waals surface area contributed by atoms with E-state index in [1.54, 1.807) is 18.3 Å². The van der Waals surface area contributed by atoms with Crippen molar-refractivity contribution in [3.8, 4) is 0 Å². The SMILES string of the molecule is CC(=O)CCC(c1ccccc1)c1nccs1. The molecular formula is C14H15NOS. The Balaban J connectivity index is 2.22. The van der Waals surface area contributed by atoms with Gasteiger partial charge >= 0.3 is 0 Å². The zero-order valence-corrected chi connectivity index (χ0v) is 10.6. The zero-order valence-electron chi connectivity index (χ0n) is 9.80. The standard InChI is InChI=1S/C14H15NOS/c1-11(16)7-8-13(14-15-9-10-17-14)12-5-3-2-4-6-12/h2-6,9-10,13H,7-8H2,1H3. The molecule has 0 radical (unpaired) electrons. The van der Waals surface area contributed by atoms with Gasteiger partial charge in [0.2, 0.25) is 0 Å². The molecule has 0 spiro atoms. The Morgan fingerprint density at radius 3 is 2.71 bits per heavy atom. The van der Waals surface area contributed by atoms with E-state index in [1.807, 2.05) is 29.8 Å². The number of carbonyl (C=O) groups is 1. The van der Waals surface area contributed by atoms with Crippen molar-refractivity contribution in [3.63, 3.8) is 0 Å². The average Bonchev–Trinajstić information content (AvgIpc) is 2.84. The number of aromatic nitrogens is 1. The summed E-state index contributed by atoms with van der Waals surface area (Å²) in [4.78, 5) is 15.5. The molecule has 0 N–H and O–H groups in total. The number of hydrogen-bond donors (Lipinski definition) is 0. The third-order valence-electron chi connectivity index (χ3n) is 2.74. The highest BCUT2D eigenvalue weighted by Crippen LogP contribution is 2.30. The van der Waals surface area contributed by atoms with Crippen LogP contribution >= 0.6 is 11.3 Å². The van der Waals surface area contributed by atoms with Crippen molar-refractivity contribution >= 4 is 17.1 Å². The molecule has 0 amide bonds. The van der Waals surface area contributed by atoms with Crippen molar-refractivity contribution in [3.05, 3.63) is 52.5 Å². The Morgan fingerprint density at radius 2 is 2.12 bits per heavy atom. The van der Waals surface area contributed by atoms with Crippen LogP contribution in [-0.2, 0) is 4.79 Å². The molecule has 0 saturated heterocycles. The van der Waals surface area contributed by atoms with Crippen molar-refractivity contribution in [2.24, 2.45) is 0 Å². The highest BCUT2D eigenvalue weighted by Gasteiger charge is 2.16. The maximum atomic E-state index is 11.1. The molecule has 1 aromatic heterocycles. The number of benzene rings is 1. The summed E-state index contributed by atoms with van der Waals surface area (Å²) in [6, 6.07) is 10.3. The first kappa shape index (κ1) is 12.0. The number of thiazole rings is 1. The summed E-state index contributed by atoms with van der Waals surface area (Å²) in [5.74, 6) is 0.489. The van der Waals surface area contributed by atoms with Gasteiger partial charge in [0.15, 0.2) is 0 Å². The van der Waals surface area contributed by atoms with Crippen LogP contribution in [0.4, 0.5) is 0 Å². The minimum atomic E-state index is 0.238. The first-order valence-corrected chi connectivity index (χ1v) is 6.59. The molecule has 3 heteroatoms. The van der Waals surface area contributed by atoms with E-state index in [0.29, 0.717) is 6.42 Å². The van der Waals surface area contributed by atoms with Crippen LogP contribution in [0.1, 0.15) is 36.3 Å². The molecule has 0 bridgehead atoms. The molecule has 0 fully saturated rings. The Morgan fingerprint density at radius 1 is 1.35 bits per heavy atom. The first-order valence-electron chi connectivity index (χ1n) is 5.71. The molecule has 1 atom stereocenters. The molecule has 1 aromatic carbocycles. The largest absolute Gasteiger partial charge is 0.300 e. The summed E-state index contributed by atoms with van der Waals surface area (Å²) < 4.78 is 0. The Hall–Kier alpha value is -1.48. The highest BCUT2D eigenvalue weighted by atomic mass is 32.1. The predicted octanol–water partition coefficient (Wildman–Crippen LogP) is 3.64. The van der Waals surface area contributed by atoms with Crippen molar-refractivity contribution in [2.45, 2.75) is 25.7 Å². The number of ketones is 1. The van der Waals surface area contributed by atoms with Crippen LogP contribution in [0.2, 0.25) is 0 Å². The first-order chi connectivity index (χ1) is 8.27. The summed E-state index contributed by atoms with van der Waals surface area (Å²) in [5.41, 5.74) is 1.24. The van der Waals surface area contributed by atoms with E-state index in [9.17, 15) is 4.79 Å². The molecule has 17 heavy (non-hydrogen) atoms. The zero-order chi connectivity index (χ0) is 12.1. The van der Waals surface area contributed by atoms with E-state index in [1.165, 1.54) is 5.56 Å². The maximum absolute atomic E-state index is 11.1. The fourth-order valence-corrected chi connectivity index (χ4v) is 2.67. The Bertz CT molecular complexity index is 464. The second kappa shape index (κ2) is 5.73. The molecule has 0 aliphatic heterocycles. The van der Waals surface area contributed by atoms with Gasteiger partial charge in [-0.05, 0) is 18.9 Å². The van der Waals surface area contributed by atoms with Crippen molar-refractivity contribution in [1.29, 1.82) is 0 Å². The van der Waals surface area contributed by atoms with E-state index >= 15 is 0 Å². The fraction of sp³-hybridized carbons (Fsp3) is 0.286. The number of nitrogens with zero attached hydrogens (tertiary/aromatic N) is 1. The van der Waals surface area contributed by atoms with Gasteiger partial charge in [0.05, 0.1) is 5.01 Å². The molecule has 2 aromatic rings. The van der Waals surface area contributed by atoms with E-state index in [4.69, 9.17) is 0 Å². The van der Waals surface area contributed by atoms with Gasteiger partial charge in [-0.2, -0.15) is 0 Å². The number of rotatable bonds is 5. The average molecular weight is 245 g/mol. The Kier molecular flexibility index (Phi) is 4.04. The summed E-state index contributed by atoms with van der Waals surface area (Å²) in [5, 5.41) is 3.08. The molecule has 1 heterocycles. The summed E-state index contributed by atoms with van der Waals surface area (Å²) in [6.45, 7) is 1.64. The molecule has 0 aliphatic rings. The second-order valence-electron chi connectivity index (χ2n) is 4.07. The lowest BCUT2D eigenvalue weighted by Gasteiger charge is -2.13. The van der Waals surface area contributed by atoms with Gasteiger partial charge in [0, 0.05) is 23.9 Å². The van der Waals surface area contributed by atoms with E-state index in [0.717, 1.165) is 11.4 Å². The summed E-state index contributed by atoms with van der Waals surface area (Å²) in [6.07, 6.45) is 3.27. The van der Waals surface area contributed by atoms with Gasteiger partial charge in [-0.15, -0.1) is 11.3 Å². The topological polar surface area (TPSA) is 30.0 Å². The lowest BCUT2D eigenvalue weighted by Crippen LogP contribution is -2.03. The number of Topliss-reactive ketones (excluding diaryl/α,β-unsaturated/α-hetero) is 1. The van der Waals surface area contributed by atoms with Gasteiger partial charge in [-0.1, -0.05) is 30.3 Å². The van der Waals surface area contributed by atoms with Crippen molar-refractivity contribution in [1.82, 2.24) is 4.98 Å². The van der Waals surface area contributed by atoms with Crippen LogP contribution in [0.3, 0.4) is 0 Å². The summed E-state index contributed by atoms with van der Waals surface area (Å²) in [7, 11) is 0. The van der Waals surface area contributed by atoms with Crippen molar-refractivity contribution < 1.29 is 4.79 Å². The highest BCUT2D eigenvalue weighted by molar-refractivity contribution is 7.09. The lowest BCUT2D eigenvalue weighted by molar-refractivity contribution is -0.117. The normalized spacial score (nSPS) is 12.3. The van der Waals surface area contributed by atoms with Crippen LogP contribution in [0, 0.1) is 0 Å². The monoisotopic (exact) mass is 245 g/mol. The number of carbonyl (C=O) groups excluding carboxylic acids is 1. The molecule has 88 valence electrons. The molecule has 0 saturated carbocycles. The van der Waals surface area contributed by atoms with Crippen molar-refractivity contribution in [2.75, 3.05) is 0 Å². The molecule has 0 aliphatic carbocycles. The third kappa shape index (κ3) is 3.24. The van der Waals surface area contributed by atoms with E-state index < -0.39 is 0 Å². The maximum Gasteiger partial charge on any atom is 0.129 e. The van der Waals surface area contributed by atoms with Crippen LogP contribution in [0.5, 0.6) is 0 Å². The van der Waals surface area contributed by atoms with Crippen LogP contribution < -0.4 is 0 Å². The van der Waals surface area contributed by atoms with Gasteiger partial charge < -0.3 is 4.79 Å². The smallest absolute Gasteiger partial charge is 0.129 e. The predicted molar refractivity (Wildman–Crippen MR) is 70.3 cm³/mol. The van der Waals surface area contributed by atoms with E-state index in [2.05, 4.69) is 17.1 Å².